The van der Waals surface area contributed by atoms with Gasteiger partial charge in [0.15, 0.2) is 0 Å². The predicted octanol–water partition coefficient (Wildman–Crippen LogP) is 2.11. The van der Waals surface area contributed by atoms with E-state index in [9.17, 15) is 8.78 Å². The van der Waals surface area contributed by atoms with Crippen molar-refractivity contribution in [3.05, 3.63) is 27.5 Å². The molecule has 0 spiro atoms. The van der Waals surface area contributed by atoms with Crippen LogP contribution in [0.4, 0.5) is 8.78 Å². The molecule has 14 heavy (non-hydrogen) atoms. The molecular weight excluding hydrogens is 256 g/mol. The lowest BCUT2D eigenvalue weighted by Crippen LogP contribution is -2.05. The molecular formula is C8H6BrF2N3. The Kier molecular flexibility index (Phi) is 3.49. The van der Waals surface area contributed by atoms with Crippen LogP contribution in [0.25, 0.3) is 0 Å². The van der Waals surface area contributed by atoms with Crippen LogP contribution in [0.5, 0.6) is 0 Å². The van der Waals surface area contributed by atoms with Crippen LogP contribution in [0.15, 0.2) is 10.5 Å². The maximum Gasteiger partial charge on any atom is 0.281 e. The van der Waals surface area contributed by atoms with Gasteiger partial charge >= 0.3 is 0 Å². The zero-order valence-corrected chi connectivity index (χ0v) is 8.55. The first-order chi connectivity index (χ1) is 6.60. The zero-order chi connectivity index (χ0) is 10.7. The van der Waals surface area contributed by atoms with Crippen LogP contribution in [-0.2, 0) is 6.54 Å². The molecule has 0 aliphatic rings. The summed E-state index contributed by atoms with van der Waals surface area (Å²) in [5.74, 6) is 0. The zero-order valence-electron chi connectivity index (χ0n) is 6.97. The minimum Gasteiger partial charge on any atom is -0.325 e. The summed E-state index contributed by atoms with van der Waals surface area (Å²) >= 11 is 3.09. The number of alkyl halides is 2. The summed E-state index contributed by atoms with van der Waals surface area (Å²) in [5, 5.41) is 8.58. The number of nitrogens with two attached hydrogens (primary N) is 1. The Morgan fingerprint density at radius 1 is 1.64 bits per heavy atom. The first-order valence-corrected chi connectivity index (χ1v) is 4.47. The fourth-order valence-electron chi connectivity index (χ4n) is 0.942. The third-order valence-electron chi connectivity index (χ3n) is 1.60. The second-order valence-electron chi connectivity index (χ2n) is 2.47. The highest BCUT2D eigenvalue weighted by Gasteiger charge is 2.17. The summed E-state index contributed by atoms with van der Waals surface area (Å²) in [5.41, 5.74) is 4.96. The molecule has 0 aromatic carbocycles. The highest BCUT2D eigenvalue weighted by Crippen LogP contribution is 2.25. The summed E-state index contributed by atoms with van der Waals surface area (Å²) in [6.45, 7) is 0.0476. The van der Waals surface area contributed by atoms with Gasteiger partial charge in [0, 0.05) is 11.0 Å². The summed E-state index contributed by atoms with van der Waals surface area (Å²) in [7, 11) is 0. The molecule has 74 valence electrons. The van der Waals surface area contributed by atoms with Crippen molar-refractivity contribution in [1.82, 2.24) is 4.98 Å². The van der Waals surface area contributed by atoms with Crippen molar-refractivity contribution >= 4 is 15.9 Å². The lowest BCUT2D eigenvalue weighted by Gasteiger charge is -2.06. The highest BCUT2D eigenvalue weighted by atomic mass is 79.9. The van der Waals surface area contributed by atoms with Gasteiger partial charge < -0.3 is 5.73 Å². The summed E-state index contributed by atoms with van der Waals surface area (Å²) < 4.78 is 25.3. The molecule has 6 heteroatoms. The largest absolute Gasteiger partial charge is 0.325 e. The van der Waals surface area contributed by atoms with E-state index < -0.39 is 12.1 Å². The van der Waals surface area contributed by atoms with Crippen LogP contribution >= 0.6 is 15.9 Å². The molecule has 0 aliphatic heterocycles. The molecule has 0 unspecified atom stereocenters. The minimum absolute atomic E-state index is 0.0476. The fraction of sp³-hybridized carbons (Fsp3) is 0.250. The van der Waals surface area contributed by atoms with Gasteiger partial charge in [0.1, 0.15) is 11.8 Å². The molecule has 0 radical (unpaired) electrons. The van der Waals surface area contributed by atoms with Gasteiger partial charge in [0.25, 0.3) is 6.43 Å². The Morgan fingerprint density at radius 3 is 2.71 bits per heavy atom. The van der Waals surface area contributed by atoms with Crippen molar-refractivity contribution in [2.75, 3.05) is 0 Å². The molecule has 1 aromatic rings. The molecule has 0 fully saturated rings. The maximum absolute atomic E-state index is 12.4. The number of hydrogen-bond donors (Lipinski definition) is 1. The van der Waals surface area contributed by atoms with Gasteiger partial charge in [-0.3, -0.25) is 0 Å². The molecule has 0 aliphatic carbocycles. The number of aromatic nitrogens is 1. The maximum atomic E-state index is 12.4. The van der Waals surface area contributed by atoms with Crippen molar-refractivity contribution in [3.8, 4) is 6.07 Å². The van der Waals surface area contributed by atoms with E-state index in [4.69, 9.17) is 11.0 Å². The van der Waals surface area contributed by atoms with Gasteiger partial charge in [-0.25, -0.2) is 13.8 Å². The van der Waals surface area contributed by atoms with Crippen LogP contribution in [-0.4, -0.2) is 4.98 Å². The summed E-state index contributed by atoms with van der Waals surface area (Å²) in [4.78, 5) is 3.62. The van der Waals surface area contributed by atoms with Gasteiger partial charge in [0.2, 0.25) is 0 Å². The highest BCUT2D eigenvalue weighted by molar-refractivity contribution is 9.10. The number of nitriles is 1. The van der Waals surface area contributed by atoms with Crippen molar-refractivity contribution < 1.29 is 8.78 Å². The van der Waals surface area contributed by atoms with E-state index in [1.54, 1.807) is 6.07 Å². The average Bonchev–Trinajstić information content (AvgIpc) is 2.16. The molecule has 1 heterocycles. The van der Waals surface area contributed by atoms with Gasteiger partial charge in [-0.05, 0) is 22.0 Å². The number of rotatable bonds is 2. The Bertz CT molecular complexity index is 387. The molecule has 1 rings (SSSR count). The predicted molar refractivity (Wildman–Crippen MR) is 49.5 cm³/mol. The van der Waals surface area contributed by atoms with E-state index in [-0.39, 0.29) is 12.1 Å². The van der Waals surface area contributed by atoms with Crippen molar-refractivity contribution in [3.63, 3.8) is 0 Å². The molecule has 0 saturated carbocycles. The smallest absolute Gasteiger partial charge is 0.281 e. The molecule has 3 nitrogen and oxygen atoms in total. The monoisotopic (exact) mass is 261 g/mol. The van der Waals surface area contributed by atoms with Crippen molar-refractivity contribution in [2.45, 2.75) is 13.0 Å². The quantitative estimate of drug-likeness (QED) is 0.887. The molecule has 0 bridgehead atoms. The van der Waals surface area contributed by atoms with E-state index in [0.717, 1.165) is 0 Å². The second kappa shape index (κ2) is 4.44. The topological polar surface area (TPSA) is 62.7 Å². The number of nitrogens with zero attached hydrogens (tertiary/aromatic N) is 2. The minimum atomic E-state index is -2.76. The van der Waals surface area contributed by atoms with Crippen LogP contribution < -0.4 is 5.73 Å². The lowest BCUT2D eigenvalue weighted by atomic mass is 10.2. The van der Waals surface area contributed by atoms with Crippen LogP contribution in [0.1, 0.15) is 23.4 Å². The third kappa shape index (κ3) is 2.05. The normalized spacial score (nSPS) is 10.3. The van der Waals surface area contributed by atoms with Crippen LogP contribution in [0, 0.1) is 11.3 Å². The Hall–Kier alpha value is -1.06. The van der Waals surface area contributed by atoms with Crippen molar-refractivity contribution in [1.29, 1.82) is 5.26 Å². The summed E-state index contributed by atoms with van der Waals surface area (Å²) in [6, 6.07) is 2.96. The standard InChI is InChI=1S/C8H6BrF2N3/c9-5-1-4(2-12)7(8(10)11)14-6(5)3-13/h1,8H,3,13H2. The van der Waals surface area contributed by atoms with E-state index >= 15 is 0 Å². The van der Waals surface area contributed by atoms with Gasteiger partial charge in [-0.15, -0.1) is 0 Å². The number of pyridine rings is 1. The van der Waals surface area contributed by atoms with E-state index in [1.165, 1.54) is 6.07 Å². The van der Waals surface area contributed by atoms with Crippen LogP contribution in [0.3, 0.4) is 0 Å². The van der Waals surface area contributed by atoms with Crippen molar-refractivity contribution in [2.24, 2.45) is 5.73 Å². The SMILES string of the molecule is N#Cc1cc(Br)c(CN)nc1C(F)F. The van der Waals surface area contributed by atoms with Gasteiger partial charge in [-0.1, -0.05) is 0 Å². The first kappa shape index (κ1) is 11.0. The first-order valence-electron chi connectivity index (χ1n) is 3.67. The van der Waals surface area contributed by atoms with E-state index in [2.05, 4.69) is 20.9 Å². The molecule has 0 saturated heterocycles. The second-order valence-corrected chi connectivity index (χ2v) is 3.32. The number of hydrogen-bond acceptors (Lipinski definition) is 3. The third-order valence-corrected chi connectivity index (χ3v) is 2.29. The molecule has 1 aromatic heterocycles. The Labute approximate surface area is 87.7 Å². The van der Waals surface area contributed by atoms with Gasteiger partial charge in [0.05, 0.1) is 11.3 Å². The van der Waals surface area contributed by atoms with Gasteiger partial charge in [-0.2, -0.15) is 5.26 Å². The average molecular weight is 262 g/mol. The fourth-order valence-corrected chi connectivity index (χ4v) is 1.42. The van der Waals surface area contributed by atoms with Crippen LogP contribution in [0.2, 0.25) is 0 Å². The lowest BCUT2D eigenvalue weighted by molar-refractivity contribution is 0.145. The van der Waals surface area contributed by atoms with E-state index in [0.29, 0.717) is 10.2 Å². The molecule has 2 N–H and O–H groups in total. The molecule has 0 amide bonds. The Balaban J connectivity index is 3.34. The van der Waals surface area contributed by atoms with E-state index in [1.807, 2.05) is 0 Å². The summed E-state index contributed by atoms with van der Waals surface area (Å²) in [6.07, 6.45) is -2.76. The number of halogens is 3. The Morgan fingerprint density at radius 2 is 2.29 bits per heavy atom. The molecule has 0 atom stereocenters.